The Balaban J connectivity index is 2.09. The first kappa shape index (κ1) is 14.8. The number of benzene rings is 2. The first-order valence-electron chi connectivity index (χ1n) is 6.90. The van der Waals surface area contributed by atoms with Crippen molar-refractivity contribution in [1.82, 2.24) is 0 Å². The summed E-state index contributed by atoms with van der Waals surface area (Å²) in [6.45, 7) is 1.79. The van der Waals surface area contributed by atoms with Gasteiger partial charge in [0.15, 0.2) is 11.3 Å². The van der Waals surface area contributed by atoms with Crippen LogP contribution in [0.15, 0.2) is 61.9 Å². The highest BCUT2D eigenvalue weighted by molar-refractivity contribution is 5.92. The Morgan fingerprint density at radius 3 is 2.52 bits per heavy atom. The van der Waals surface area contributed by atoms with Crippen molar-refractivity contribution in [3.63, 3.8) is 0 Å². The lowest BCUT2D eigenvalue weighted by atomic mass is 10.1. The molecule has 0 amide bonds. The summed E-state index contributed by atoms with van der Waals surface area (Å²) in [6.07, 6.45) is 0. The lowest BCUT2D eigenvalue weighted by Gasteiger charge is -2.04. The van der Waals surface area contributed by atoms with E-state index in [4.69, 9.17) is 9.15 Å². The largest absolute Gasteiger partial charge is 0.505 e. The van der Waals surface area contributed by atoms with Crippen molar-refractivity contribution >= 4 is 22.3 Å². The number of hydrogen-bond donors (Lipinski definition) is 1. The zero-order valence-electron chi connectivity index (χ0n) is 12.6. The van der Waals surface area contributed by atoms with Crippen LogP contribution in [0.4, 0.5) is 11.4 Å². The fourth-order valence-corrected chi connectivity index (χ4v) is 2.21. The van der Waals surface area contributed by atoms with Crippen molar-refractivity contribution in [2.24, 2.45) is 10.2 Å². The molecule has 0 saturated heterocycles. The van der Waals surface area contributed by atoms with Crippen LogP contribution in [-0.2, 0) is 0 Å². The molecule has 0 radical (unpaired) electrons. The smallest absolute Gasteiger partial charge is 0.336 e. The second-order valence-corrected chi connectivity index (χ2v) is 4.96. The summed E-state index contributed by atoms with van der Waals surface area (Å²) in [5.74, 6) is 0.599. The van der Waals surface area contributed by atoms with E-state index >= 15 is 0 Å². The van der Waals surface area contributed by atoms with Gasteiger partial charge < -0.3 is 14.3 Å². The lowest BCUT2D eigenvalue weighted by Crippen LogP contribution is -1.97. The molecule has 6 nitrogen and oxygen atoms in total. The summed E-state index contributed by atoms with van der Waals surface area (Å²) in [7, 11) is 1.58. The van der Waals surface area contributed by atoms with Gasteiger partial charge in [0.05, 0.1) is 12.8 Å². The molecule has 1 heterocycles. The Morgan fingerprint density at radius 2 is 1.83 bits per heavy atom. The number of ether oxygens (including phenoxy) is 1. The van der Waals surface area contributed by atoms with Gasteiger partial charge in [-0.25, -0.2) is 4.79 Å². The fraction of sp³-hybridized carbons (Fsp3) is 0.118. The molecule has 0 aliphatic heterocycles. The van der Waals surface area contributed by atoms with Crippen molar-refractivity contribution in [2.75, 3.05) is 7.11 Å². The summed E-state index contributed by atoms with van der Waals surface area (Å²) in [6, 6.07) is 11.5. The molecule has 3 aromatic rings. The molecule has 0 bridgehead atoms. The van der Waals surface area contributed by atoms with Crippen molar-refractivity contribution < 1.29 is 14.3 Å². The van der Waals surface area contributed by atoms with Crippen LogP contribution in [0.5, 0.6) is 11.5 Å². The maximum Gasteiger partial charge on any atom is 0.336 e. The molecule has 1 aromatic heterocycles. The minimum Gasteiger partial charge on any atom is -0.505 e. The Morgan fingerprint density at radius 1 is 1.09 bits per heavy atom. The molecule has 0 aliphatic carbocycles. The maximum absolute atomic E-state index is 11.6. The van der Waals surface area contributed by atoms with Gasteiger partial charge in [0.2, 0.25) is 0 Å². The van der Waals surface area contributed by atoms with E-state index in [1.807, 2.05) is 0 Å². The highest BCUT2D eigenvalue weighted by atomic mass is 16.5. The summed E-state index contributed by atoms with van der Waals surface area (Å²) < 4.78 is 10.3. The fourth-order valence-electron chi connectivity index (χ4n) is 2.21. The Labute approximate surface area is 131 Å². The predicted molar refractivity (Wildman–Crippen MR) is 86.1 cm³/mol. The van der Waals surface area contributed by atoms with E-state index in [9.17, 15) is 9.90 Å². The Bertz CT molecular complexity index is 943. The van der Waals surface area contributed by atoms with Crippen LogP contribution in [0.25, 0.3) is 11.0 Å². The lowest BCUT2D eigenvalue weighted by molar-refractivity contribution is 0.415. The number of aryl methyl sites for hydroxylation is 1. The van der Waals surface area contributed by atoms with Gasteiger partial charge >= 0.3 is 5.63 Å². The number of rotatable bonds is 3. The Hall–Kier alpha value is -3.15. The van der Waals surface area contributed by atoms with Crippen LogP contribution in [-0.4, -0.2) is 12.2 Å². The van der Waals surface area contributed by atoms with Crippen molar-refractivity contribution in [3.05, 3.63) is 58.4 Å². The normalized spacial score (nSPS) is 11.2. The van der Waals surface area contributed by atoms with E-state index in [2.05, 4.69) is 10.2 Å². The minimum absolute atomic E-state index is 0.108. The van der Waals surface area contributed by atoms with E-state index in [1.54, 1.807) is 44.4 Å². The molecule has 1 N–H and O–H groups in total. The molecule has 6 heteroatoms. The average molecular weight is 310 g/mol. The monoisotopic (exact) mass is 310 g/mol. The number of phenols is 1. The van der Waals surface area contributed by atoms with Crippen molar-refractivity contribution in [2.45, 2.75) is 6.92 Å². The molecule has 0 spiro atoms. The third-order valence-electron chi connectivity index (χ3n) is 3.41. The quantitative estimate of drug-likeness (QED) is 0.579. The van der Waals surface area contributed by atoms with Crippen molar-refractivity contribution in [1.29, 1.82) is 0 Å². The number of nitrogens with zero attached hydrogens (tertiary/aromatic N) is 2. The van der Waals surface area contributed by atoms with Crippen LogP contribution < -0.4 is 10.4 Å². The molecule has 2 aromatic carbocycles. The van der Waals surface area contributed by atoms with E-state index in [-0.39, 0.29) is 17.0 Å². The second-order valence-electron chi connectivity index (χ2n) is 4.96. The highest BCUT2D eigenvalue weighted by Crippen LogP contribution is 2.36. The Kier molecular flexibility index (Phi) is 3.80. The van der Waals surface area contributed by atoms with Gasteiger partial charge in [-0.3, -0.25) is 0 Å². The number of azo groups is 1. The first-order valence-corrected chi connectivity index (χ1v) is 6.90. The van der Waals surface area contributed by atoms with Crippen LogP contribution in [0, 0.1) is 6.92 Å². The predicted octanol–water partition coefficient (Wildman–Crippen LogP) is 4.23. The first-order chi connectivity index (χ1) is 11.1. The summed E-state index contributed by atoms with van der Waals surface area (Å²) >= 11 is 0. The van der Waals surface area contributed by atoms with E-state index in [0.29, 0.717) is 16.8 Å². The standard InChI is InChI=1S/C17H14N2O4/c1-10-9-15(21)23-17-13(10)7-8-14(20)16(17)19-18-11-3-5-12(22-2)6-4-11/h3-9,20H,1-2H3/b19-18+. The summed E-state index contributed by atoms with van der Waals surface area (Å²) in [5.41, 5.74) is 1.17. The molecule has 0 atom stereocenters. The highest BCUT2D eigenvalue weighted by Gasteiger charge is 2.11. The van der Waals surface area contributed by atoms with Crippen LogP contribution in [0.3, 0.4) is 0 Å². The zero-order chi connectivity index (χ0) is 16.4. The van der Waals surface area contributed by atoms with Gasteiger partial charge in [-0.2, -0.15) is 5.11 Å². The topological polar surface area (TPSA) is 84.4 Å². The molecular weight excluding hydrogens is 296 g/mol. The number of methoxy groups -OCH3 is 1. The molecule has 0 fully saturated rings. The molecule has 0 unspecified atom stereocenters. The van der Waals surface area contributed by atoms with Gasteiger partial charge in [-0.15, -0.1) is 5.11 Å². The maximum atomic E-state index is 11.6. The number of aromatic hydroxyl groups is 1. The van der Waals surface area contributed by atoms with E-state index < -0.39 is 5.63 Å². The molecular formula is C17H14N2O4. The minimum atomic E-state index is -0.499. The van der Waals surface area contributed by atoms with Crippen LogP contribution in [0.1, 0.15) is 5.56 Å². The molecule has 23 heavy (non-hydrogen) atoms. The van der Waals surface area contributed by atoms with E-state index in [1.165, 1.54) is 12.1 Å². The molecule has 0 aliphatic rings. The third kappa shape index (κ3) is 2.91. The average Bonchev–Trinajstić information content (AvgIpc) is 2.54. The number of phenolic OH excluding ortho intramolecular Hbond substituents is 1. The van der Waals surface area contributed by atoms with Gasteiger partial charge in [0.25, 0.3) is 0 Å². The molecule has 0 saturated carbocycles. The zero-order valence-corrected chi connectivity index (χ0v) is 12.6. The second kappa shape index (κ2) is 5.92. The van der Waals surface area contributed by atoms with Gasteiger partial charge in [-0.1, -0.05) is 0 Å². The van der Waals surface area contributed by atoms with E-state index in [0.717, 1.165) is 5.56 Å². The number of fused-ring (bicyclic) bond motifs is 1. The summed E-state index contributed by atoms with van der Waals surface area (Å²) in [5, 5.41) is 18.8. The molecule has 3 rings (SSSR count). The summed E-state index contributed by atoms with van der Waals surface area (Å²) in [4.78, 5) is 11.6. The third-order valence-corrected chi connectivity index (χ3v) is 3.41. The SMILES string of the molecule is COc1ccc(/N=N/c2c(O)ccc3c(C)cc(=O)oc23)cc1. The van der Waals surface area contributed by atoms with Gasteiger partial charge in [0, 0.05) is 11.5 Å². The van der Waals surface area contributed by atoms with Gasteiger partial charge in [-0.05, 0) is 48.9 Å². The van der Waals surface area contributed by atoms with Crippen LogP contribution in [0.2, 0.25) is 0 Å². The number of hydrogen-bond acceptors (Lipinski definition) is 6. The van der Waals surface area contributed by atoms with Crippen molar-refractivity contribution in [3.8, 4) is 11.5 Å². The molecule has 116 valence electrons. The van der Waals surface area contributed by atoms with Crippen LogP contribution >= 0.6 is 0 Å². The van der Waals surface area contributed by atoms with Gasteiger partial charge in [0.1, 0.15) is 11.5 Å².